The average Bonchev–Trinajstić information content (AvgIpc) is 3.47. The molecule has 54 heavy (non-hydrogen) atoms. The minimum absolute atomic E-state index is 0.0104. The minimum Gasteiger partial charge on any atom is -0.481 e. The van der Waals surface area contributed by atoms with E-state index in [0.717, 1.165) is 6.42 Å². The first-order valence-corrected chi connectivity index (χ1v) is 21.1. The summed E-state index contributed by atoms with van der Waals surface area (Å²) >= 11 is 0. The van der Waals surface area contributed by atoms with E-state index >= 15 is 0 Å². The third kappa shape index (κ3) is 7.88. The van der Waals surface area contributed by atoms with Crippen LogP contribution in [0, 0.1) is 47.3 Å². The highest BCUT2D eigenvalue weighted by Crippen LogP contribution is 2.54. The Morgan fingerprint density at radius 2 is 1.48 bits per heavy atom. The van der Waals surface area contributed by atoms with E-state index < -0.39 is 76.8 Å². The second kappa shape index (κ2) is 16.4. The van der Waals surface area contributed by atoms with Crippen molar-refractivity contribution in [3.05, 3.63) is 12.2 Å². The van der Waals surface area contributed by atoms with Gasteiger partial charge in [-0.05, 0) is 95.1 Å². The molecule has 0 aromatic rings. The summed E-state index contributed by atoms with van der Waals surface area (Å²) in [5.41, 5.74) is -1.63. The fourth-order valence-electron chi connectivity index (χ4n) is 10.9. The molecule has 5 rings (SSSR count). The van der Waals surface area contributed by atoms with E-state index in [1.165, 1.54) is 0 Å². The predicted octanol–water partition coefficient (Wildman–Crippen LogP) is 6.43. The third-order valence-corrected chi connectivity index (χ3v) is 14.8. The highest BCUT2D eigenvalue weighted by atomic mass is 16.8. The van der Waals surface area contributed by atoms with Crippen molar-refractivity contribution >= 4 is 11.8 Å². The smallest absolute Gasteiger partial charge is 0.309 e. The van der Waals surface area contributed by atoms with Gasteiger partial charge in [0.25, 0.3) is 0 Å². The van der Waals surface area contributed by atoms with Crippen molar-refractivity contribution in [2.45, 2.75) is 199 Å². The van der Waals surface area contributed by atoms with Gasteiger partial charge in [0.1, 0.15) is 11.9 Å². The molecule has 19 atom stereocenters. The lowest BCUT2D eigenvalue weighted by molar-refractivity contribution is -0.409. The Balaban J connectivity index is 1.32. The number of hydrogen-bond donors (Lipinski definition) is 4. The summed E-state index contributed by atoms with van der Waals surface area (Å²) in [6.45, 7) is 21.7. The summed E-state index contributed by atoms with van der Waals surface area (Å²) in [4.78, 5) is 26.6. The van der Waals surface area contributed by atoms with E-state index in [1.54, 1.807) is 19.1 Å². The molecule has 0 aromatic carbocycles. The maximum absolute atomic E-state index is 14.5. The first-order chi connectivity index (χ1) is 25.2. The van der Waals surface area contributed by atoms with Gasteiger partial charge in [0.2, 0.25) is 5.79 Å². The molecule has 310 valence electrons. The van der Waals surface area contributed by atoms with Gasteiger partial charge in [-0.3, -0.25) is 9.59 Å². The lowest BCUT2D eigenvalue weighted by Gasteiger charge is -2.54. The zero-order chi connectivity index (χ0) is 40.1. The molecule has 11 nitrogen and oxygen atoms in total. The number of rotatable bonds is 12. The molecule has 5 heterocycles. The Bertz CT molecular complexity index is 1360. The van der Waals surface area contributed by atoms with Gasteiger partial charge < -0.3 is 44.1 Å². The molecule has 5 aliphatic rings. The highest BCUT2D eigenvalue weighted by Gasteiger charge is 2.63. The summed E-state index contributed by atoms with van der Waals surface area (Å²) in [5, 5.41) is 44.2. The summed E-state index contributed by atoms with van der Waals surface area (Å²) in [5.74, 6) is -5.80. The number of ether oxygens (including phenoxy) is 5. The van der Waals surface area contributed by atoms with E-state index in [9.17, 15) is 30.0 Å². The fourth-order valence-corrected chi connectivity index (χ4v) is 10.9. The number of carboxylic acids is 1. The molecule has 4 fully saturated rings. The van der Waals surface area contributed by atoms with Crippen LogP contribution in [0.15, 0.2) is 12.2 Å². The van der Waals surface area contributed by atoms with Crippen molar-refractivity contribution < 1.29 is 53.7 Å². The number of hydrogen-bond acceptors (Lipinski definition) is 10. The van der Waals surface area contributed by atoms with Crippen LogP contribution in [0.1, 0.15) is 134 Å². The molecular weight excluding hydrogens is 692 g/mol. The molecule has 0 radical (unpaired) electrons. The van der Waals surface area contributed by atoms with Crippen LogP contribution in [0.5, 0.6) is 0 Å². The first kappa shape index (κ1) is 43.7. The van der Waals surface area contributed by atoms with Crippen LogP contribution in [0.25, 0.3) is 0 Å². The number of carboxylic acid groups (broad SMARTS) is 1. The van der Waals surface area contributed by atoms with Gasteiger partial charge in [0.15, 0.2) is 5.79 Å². The van der Waals surface area contributed by atoms with Gasteiger partial charge in [0, 0.05) is 30.1 Å². The number of aliphatic hydroxyl groups excluding tert-OH is 2. The van der Waals surface area contributed by atoms with Gasteiger partial charge in [0.05, 0.1) is 53.7 Å². The van der Waals surface area contributed by atoms with Crippen LogP contribution < -0.4 is 0 Å². The normalized spacial score (nSPS) is 46.9. The summed E-state index contributed by atoms with van der Waals surface area (Å²) in [7, 11) is 0. The molecular formula is C43H72O11. The van der Waals surface area contributed by atoms with Crippen LogP contribution >= 0.6 is 0 Å². The van der Waals surface area contributed by atoms with Gasteiger partial charge in [-0.2, -0.15) is 0 Å². The maximum Gasteiger partial charge on any atom is 0.309 e. The van der Waals surface area contributed by atoms with Crippen molar-refractivity contribution in [2.75, 3.05) is 0 Å². The van der Waals surface area contributed by atoms with Crippen molar-refractivity contribution in [2.24, 2.45) is 47.3 Å². The van der Waals surface area contributed by atoms with E-state index in [-0.39, 0.29) is 47.8 Å². The summed E-state index contributed by atoms with van der Waals surface area (Å²) in [6.07, 6.45) is 4.75. The molecule has 4 N–H and O–H groups in total. The number of carbonyl (C=O) groups excluding carboxylic acids is 1. The molecule has 0 saturated carbocycles. The Hall–Kier alpha value is -1.44. The van der Waals surface area contributed by atoms with Crippen molar-refractivity contribution in [3.8, 4) is 0 Å². The van der Waals surface area contributed by atoms with Crippen LogP contribution in [-0.4, -0.2) is 97.7 Å². The zero-order valence-electron chi connectivity index (χ0n) is 34.8. The quantitative estimate of drug-likeness (QED) is 0.162. The molecule has 0 bridgehead atoms. The average molecular weight is 765 g/mol. The lowest BCUT2D eigenvalue weighted by Crippen LogP contribution is -2.63. The number of carbonyl (C=O) groups is 2. The minimum atomic E-state index is -1.37. The Kier molecular flexibility index (Phi) is 13.3. The lowest BCUT2D eigenvalue weighted by atomic mass is 9.72. The second-order valence-corrected chi connectivity index (χ2v) is 18.5. The van der Waals surface area contributed by atoms with Crippen molar-refractivity contribution in [1.82, 2.24) is 0 Å². The van der Waals surface area contributed by atoms with Gasteiger partial charge >= 0.3 is 5.97 Å². The van der Waals surface area contributed by atoms with E-state index in [4.69, 9.17) is 23.7 Å². The standard InChI is InChI=1S/C43H72O11/c1-12-30(35(46)27(8)34(45)28(9)36-23(4)21-24(5)37(51-36)31(13-2)39(47)48)38-25(6)22-26(7)42(52-38)18-15-32(44)43(54-42)20-19-40(11,53-43)33-16-17-41(49,14-3)29(10)50-33/h15,18,23-34,36-38,44-45,49H,12-14,16-17,19-22H2,1-11H3,(H,47,48)/t23-,24+,25+,26-,27+,28-,29+,30+,31+,32+,33+,34-,36+,37-,38-,40-,41-,42+,43+/m1/s1. The van der Waals surface area contributed by atoms with E-state index in [1.807, 2.05) is 48.5 Å². The molecule has 11 heteroatoms. The fraction of sp³-hybridized carbons (Fsp3) is 0.907. The molecule has 4 saturated heterocycles. The molecule has 0 aromatic heterocycles. The molecule has 5 aliphatic heterocycles. The molecule has 0 unspecified atom stereocenters. The van der Waals surface area contributed by atoms with Crippen molar-refractivity contribution in [1.29, 1.82) is 0 Å². The monoisotopic (exact) mass is 765 g/mol. The summed E-state index contributed by atoms with van der Waals surface area (Å²) < 4.78 is 33.6. The van der Waals surface area contributed by atoms with Crippen LogP contribution in [0.2, 0.25) is 0 Å². The van der Waals surface area contributed by atoms with Gasteiger partial charge in [-0.25, -0.2) is 0 Å². The number of aliphatic carboxylic acids is 1. The first-order valence-electron chi connectivity index (χ1n) is 21.1. The number of ketones is 1. The highest BCUT2D eigenvalue weighted by molar-refractivity contribution is 5.84. The number of aliphatic hydroxyl groups is 3. The van der Waals surface area contributed by atoms with Crippen LogP contribution in [-0.2, 0) is 33.3 Å². The van der Waals surface area contributed by atoms with Gasteiger partial charge in [-0.15, -0.1) is 0 Å². The van der Waals surface area contributed by atoms with Crippen LogP contribution in [0.3, 0.4) is 0 Å². The Morgan fingerprint density at radius 1 is 0.852 bits per heavy atom. The maximum atomic E-state index is 14.5. The predicted molar refractivity (Wildman–Crippen MR) is 203 cm³/mol. The number of Topliss-reactive ketones (excluding diaryl/α,β-unsaturated/α-hetero) is 1. The Labute approximate surface area is 323 Å². The third-order valence-electron chi connectivity index (χ3n) is 14.8. The SMILES string of the molecule is CC[C@H](C(=O)O)[C@@H]1O[C@H]([C@H](C)[C@H](O)[C@H](C)C(=O)[C@H](CC)[C@@H]2O[C@]3(C=C[C@H](O)[C@]4(CC[C@](C)([C@@H]5CC[C@](O)(CC)[C@H](C)O5)O4)O3)[C@H](C)C[C@@H]2C)[C@H](C)C[C@@H]1C. The van der Waals surface area contributed by atoms with Crippen molar-refractivity contribution in [3.63, 3.8) is 0 Å². The zero-order valence-corrected chi connectivity index (χ0v) is 34.8. The molecule has 0 amide bonds. The Morgan fingerprint density at radius 3 is 2.07 bits per heavy atom. The molecule has 0 aliphatic carbocycles. The second-order valence-electron chi connectivity index (χ2n) is 18.5. The molecule has 2 spiro atoms. The topological polar surface area (TPSA) is 161 Å². The van der Waals surface area contributed by atoms with Gasteiger partial charge in [-0.1, -0.05) is 62.3 Å². The van der Waals surface area contributed by atoms with E-state index in [0.29, 0.717) is 51.4 Å². The van der Waals surface area contributed by atoms with Crippen LogP contribution in [0.4, 0.5) is 0 Å². The van der Waals surface area contributed by atoms with E-state index in [2.05, 4.69) is 20.8 Å². The summed E-state index contributed by atoms with van der Waals surface area (Å²) in [6, 6.07) is 0. The largest absolute Gasteiger partial charge is 0.481 e.